The number of sulfonamides is 1. The maximum Gasteiger partial charge on any atom is 0.254 e. The molecule has 0 spiro atoms. The van der Waals surface area contributed by atoms with Gasteiger partial charge in [0.05, 0.1) is 10.5 Å². The summed E-state index contributed by atoms with van der Waals surface area (Å²) in [5.74, 6) is -0.253. The van der Waals surface area contributed by atoms with E-state index >= 15 is 0 Å². The average molecular weight is 399 g/mol. The second-order valence-electron chi connectivity index (χ2n) is 5.64. The summed E-state index contributed by atoms with van der Waals surface area (Å²) in [6.07, 6.45) is 1.65. The van der Waals surface area contributed by atoms with E-state index in [1.807, 2.05) is 30.3 Å². The number of nitrogens with two attached hydrogens (primary N) is 1. The molecule has 6 nitrogen and oxygen atoms in total. The van der Waals surface area contributed by atoms with E-state index < -0.39 is 10.0 Å². The van der Waals surface area contributed by atoms with E-state index in [1.165, 1.54) is 23.9 Å². The van der Waals surface area contributed by atoms with E-state index in [0.29, 0.717) is 10.6 Å². The zero-order chi connectivity index (χ0) is 19.3. The van der Waals surface area contributed by atoms with E-state index in [1.54, 1.807) is 30.5 Å². The summed E-state index contributed by atoms with van der Waals surface area (Å²) >= 11 is 1.42. The lowest BCUT2D eigenvalue weighted by atomic mass is 10.2. The van der Waals surface area contributed by atoms with Crippen molar-refractivity contribution in [2.24, 2.45) is 5.14 Å². The van der Waals surface area contributed by atoms with Gasteiger partial charge in [-0.25, -0.2) is 18.5 Å². The second-order valence-corrected chi connectivity index (χ2v) is 8.27. The maximum atomic E-state index is 12.6. The van der Waals surface area contributed by atoms with Crippen LogP contribution in [0.15, 0.2) is 87.7 Å². The molecule has 0 atom stereocenters. The first-order chi connectivity index (χ1) is 12.9. The number of carbonyl (C=O) groups is 1. The van der Waals surface area contributed by atoms with Gasteiger partial charge in [-0.15, -0.1) is 0 Å². The van der Waals surface area contributed by atoms with Crippen LogP contribution in [0.2, 0.25) is 0 Å². The number of hydrogen-bond donors (Lipinski definition) is 2. The van der Waals surface area contributed by atoms with Gasteiger partial charge >= 0.3 is 0 Å². The molecule has 0 aliphatic heterocycles. The number of hydrogen-bond acceptors (Lipinski definition) is 5. The van der Waals surface area contributed by atoms with Crippen molar-refractivity contribution in [1.82, 2.24) is 10.3 Å². The molecule has 138 valence electrons. The standard InChI is InChI=1S/C19H17N3O3S2/c20-27(24,25)16-10-8-14(9-11-16)13-22-18(23)17-7-4-12-21-19(17)26-15-5-2-1-3-6-15/h1-12H,13H2,(H,22,23)(H2,20,24,25). The van der Waals surface area contributed by atoms with Crippen LogP contribution in [0.5, 0.6) is 0 Å². The molecule has 2 aromatic carbocycles. The molecule has 0 saturated heterocycles. The van der Waals surface area contributed by atoms with Gasteiger partial charge in [-0.1, -0.05) is 42.1 Å². The summed E-state index contributed by atoms with van der Waals surface area (Å²) in [6.45, 7) is 0.258. The summed E-state index contributed by atoms with van der Waals surface area (Å²) in [5.41, 5.74) is 1.24. The van der Waals surface area contributed by atoms with Crippen molar-refractivity contribution < 1.29 is 13.2 Å². The Hall–Kier alpha value is -2.68. The monoisotopic (exact) mass is 399 g/mol. The van der Waals surface area contributed by atoms with Crippen LogP contribution in [0.1, 0.15) is 15.9 Å². The molecule has 3 N–H and O–H groups in total. The van der Waals surface area contributed by atoms with E-state index in [-0.39, 0.29) is 17.3 Å². The molecule has 3 aromatic rings. The molecule has 0 unspecified atom stereocenters. The van der Waals surface area contributed by atoms with Crippen LogP contribution in [0.4, 0.5) is 0 Å². The molecule has 8 heteroatoms. The van der Waals surface area contributed by atoms with Crippen LogP contribution in [-0.4, -0.2) is 19.3 Å². The molecule has 0 saturated carbocycles. The molecule has 27 heavy (non-hydrogen) atoms. The lowest BCUT2D eigenvalue weighted by Gasteiger charge is -2.09. The Morgan fingerprint density at radius 1 is 1.00 bits per heavy atom. The molecule has 3 rings (SSSR count). The van der Waals surface area contributed by atoms with Crippen molar-refractivity contribution in [3.63, 3.8) is 0 Å². The van der Waals surface area contributed by atoms with E-state index in [2.05, 4.69) is 10.3 Å². The molecule has 0 fully saturated rings. The van der Waals surface area contributed by atoms with Crippen LogP contribution in [0.3, 0.4) is 0 Å². The summed E-state index contributed by atoms with van der Waals surface area (Å²) in [4.78, 5) is 17.9. The molecule has 1 heterocycles. The fraction of sp³-hybridized carbons (Fsp3) is 0.0526. The predicted molar refractivity (Wildman–Crippen MR) is 104 cm³/mol. The Balaban J connectivity index is 1.70. The van der Waals surface area contributed by atoms with Gasteiger partial charge < -0.3 is 5.32 Å². The lowest BCUT2D eigenvalue weighted by molar-refractivity contribution is 0.0947. The van der Waals surface area contributed by atoms with Gasteiger partial charge in [0, 0.05) is 17.6 Å². The van der Waals surface area contributed by atoms with Gasteiger partial charge in [0.2, 0.25) is 10.0 Å². The molecular weight excluding hydrogens is 382 g/mol. The number of nitrogens with zero attached hydrogens (tertiary/aromatic N) is 1. The van der Waals surface area contributed by atoms with Crippen molar-refractivity contribution in [2.45, 2.75) is 21.4 Å². The van der Waals surface area contributed by atoms with Crippen LogP contribution in [0.25, 0.3) is 0 Å². The minimum atomic E-state index is -3.73. The van der Waals surface area contributed by atoms with E-state index in [4.69, 9.17) is 5.14 Å². The third-order valence-corrected chi connectivity index (χ3v) is 5.63. The number of rotatable bonds is 6. The summed E-state index contributed by atoms with van der Waals surface area (Å²) in [7, 11) is -3.73. The first-order valence-electron chi connectivity index (χ1n) is 8.01. The molecule has 0 aliphatic rings. The minimum Gasteiger partial charge on any atom is -0.348 e. The summed E-state index contributed by atoms with van der Waals surface area (Å²) in [5, 5.41) is 8.52. The predicted octanol–water partition coefficient (Wildman–Crippen LogP) is 2.81. The van der Waals surface area contributed by atoms with Gasteiger partial charge in [0.15, 0.2) is 0 Å². The molecular formula is C19H17N3O3S2. The third kappa shape index (κ3) is 5.16. The van der Waals surface area contributed by atoms with Gasteiger partial charge in [0.1, 0.15) is 5.03 Å². The van der Waals surface area contributed by atoms with Crippen LogP contribution >= 0.6 is 11.8 Å². The quantitative estimate of drug-likeness (QED) is 0.664. The van der Waals surface area contributed by atoms with Crippen molar-refractivity contribution >= 4 is 27.7 Å². The number of aromatic nitrogens is 1. The Morgan fingerprint density at radius 3 is 2.37 bits per heavy atom. The fourth-order valence-electron chi connectivity index (χ4n) is 2.32. The Kier molecular flexibility index (Phi) is 5.90. The van der Waals surface area contributed by atoms with Crippen molar-refractivity contribution in [3.05, 3.63) is 84.1 Å². The summed E-state index contributed by atoms with van der Waals surface area (Å²) < 4.78 is 22.6. The lowest BCUT2D eigenvalue weighted by Crippen LogP contribution is -2.23. The number of carbonyl (C=O) groups excluding carboxylic acids is 1. The minimum absolute atomic E-state index is 0.0337. The number of benzene rings is 2. The maximum absolute atomic E-state index is 12.6. The highest BCUT2D eigenvalue weighted by molar-refractivity contribution is 7.99. The molecule has 1 amide bonds. The van der Waals surface area contributed by atoms with Gasteiger partial charge in [-0.2, -0.15) is 0 Å². The number of primary sulfonamides is 1. The highest BCUT2D eigenvalue weighted by atomic mass is 32.2. The zero-order valence-electron chi connectivity index (χ0n) is 14.2. The van der Waals surface area contributed by atoms with Crippen molar-refractivity contribution in [2.75, 3.05) is 0 Å². The number of pyridine rings is 1. The van der Waals surface area contributed by atoms with Gasteiger partial charge in [-0.05, 0) is 42.0 Å². The highest BCUT2D eigenvalue weighted by Crippen LogP contribution is 2.28. The van der Waals surface area contributed by atoms with Crippen LogP contribution < -0.4 is 10.5 Å². The topological polar surface area (TPSA) is 102 Å². The largest absolute Gasteiger partial charge is 0.348 e. The van der Waals surface area contributed by atoms with Crippen molar-refractivity contribution in [1.29, 1.82) is 0 Å². The first kappa shape index (κ1) is 19.1. The van der Waals surface area contributed by atoms with Gasteiger partial charge in [0.25, 0.3) is 5.91 Å². The van der Waals surface area contributed by atoms with Crippen molar-refractivity contribution in [3.8, 4) is 0 Å². The second kappa shape index (κ2) is 8.34. The SMILES string of the molecule is NS(=O)(=O)c1ccc(CNC(=O)c2cccnc2Sc2ccccc2)cc1. The third-order valence-electron chi connectivity index (χ3n) is 3.68. The zero-order valence-corrected chi connectivity index (χ0v) is 15.8. The Morgan fingerprint density at radius 2 is 1.70 bits per heavy atom. The average Bonchev–Trinajstić information content (AvgIpc) is 2.67. The highest BCUT2D eigenvalue weighted by Gasteiger charge is 2.13. The molecule has 0 radical (unpaired) electrons. The van der Waals surface area contributed by atoms with Crippen LogP contribution in [0, 0.1) is 0 Å². The summed E-state index contributed by atoms with van der Waals surface area (Å²) in [6, 6.07) is 19.2. The number of nitrogens with one attached hydrogen (secondary N) is 1. The van der Waals surface area contributed by atoms with E-state index in [0.717, 1.165) is 10.5 Å². The van der Waals surface area contributed by atoms with Gasteiger partial charge in [-0.3, -0.25) is 4.79 Å². The number of amides is 1. The smallest absolute Gasteiger partial charge is 0.254 e. The molecule has 0 bridgehead atoms. The first-order valence-corrected chi connectivity index (χ1v) is 10.4. The Labute approximate surface area is 161 Å². The van der Waals surface area contributed by atoms with E-state index in [9.17, 15) is 13.2 Å². The van der Waals surface area contributed by atoms with Crippen LogP contribution in [-0.2, 0) is 16.6 Å². The fourth-order valence-corrected chi connectivity index (χ4v) is 3.74. The molecule has 1 aromatic heterocycles. The Bertz CT molecular complexity index is 1040. The molecule has 0 aliphatic carbocycles. The normalized spacial score (nSPS) is 11.1.